The number of ether oxygens (including phenoxy) is 1. The van der Waals surface area contributed by atoms with Gasteiger partial charge in [0.2, 0.25) is 5.95 Å². The summed E-state index contributed by atoms with van der Waals surface area (Å²) in [6.07, 6.45) is 1.24. The number of aromatic nitrogens is 2. The molecule has 1 N–H and O–H groups in total. The predicted molar refractivity (Wildman–Crippen MR) is 97.7 cm³/mol. The number of hydrogen-bond acceptors (Lipinski definition) is 6. The zero-order valence-electron chi connectivity index (χ0n) is 15.0. The second kappa shape index (κ2) is 7.40. The fraction of sp³-hybridized carbons (Fsp3) is 0.368. The van der Waals surface area contributed by atoms with Gasteiger partial charge < -0.3 is 10.1 Å². The van der Waals surface area contributed by atoms with Crippen LogP contribution in [0.25, 0.3) is 0 Å². The molecule has 26 heavy (non-hydrogen) atoms. The summed E-state index contributed by atoms with van der Waals surface area (Å²) in [6, 6.07) is 11.1. The predicted octanol–water partition coefficient (Wildman–Crippen LogP) is 3.50. The Morgan fingerprint density at radius 3 is 2.65 bits per heavy atom. The van der Waals surface area contributed by atoms with Crippen LogP contribution in [0.2, 0.25) is 0 Å². The highest BCUT2D eigenvalue weighted by molar-refractivity contribution is 5.89. The molecule has 1 aliphatic heterocycles. The molecule has 2 heterocycles. The summed E-state index contributed by atoms with van der Waals surface area (Å²) >= 11 is 0. The molecule has 1 aromatic heterocycles. The smallest absolute Gasteiger partial charge is 0.415 e. The standard InChI is InChI=1S/C19H21N5O2/c1-12(2)16-11-26-19(25)24(16)17-8-9-21-18(23-17)22-13(3)15-6-4-14(10-20)5-7-15/h4-9,12-13,16H,11H2,1-3H3,(H,21,22,23). The molecule has 1 saturated heterocycles. The fourth-order valence-corrected chi connectivity index (χ4v) is 2.87. The van der Waals surface area contributed by atoms with Crippen LogP contribution in [-0.2, 0) is 4.74 Å². The number of carbonyl (C=O) groups is 1. The van der Waals surface area contributed by atoms with Gasteiger partial charge in [-0.3, -0.25) is 4.90 Å². The zero-order valence-corrected chi connectivity index (χ0v) is 15.0. The molecule has 0 radical (unpaired) electrons. The van der Waals surface area contributed by atoms with Crippen molar-refractivity contribution < 1.29 is 9.53 Å². The van der Waals surface area contributed by atoms with Crippen molar-refractivity contribution in [3.05, 3.63) is 47.7 Å². The van der Waals surface area contributed by atoms with Crippen LogP contribution in [0.3, 0.4) is 0 Å². The quantitative estimate of drug-likeness (QED) is 0.886. The van der Waals surface area contributed by atoms with Crippen molar-refractivity contribution in [3.8, 4) is 6.07 Å². The lowest BCUT2D eigenvalue weighted by Crippen LogP contribution is -2.37. The van der Waals surface area contributed by atoms with Gasteiger partial charge in [-0.15, -0.1) is 0 Å². The second-order valence-corrected chi connectivity index (χ2v) is 6.60. The van der Waals surface area contributed by atoms with Gasteiger partial charge in [-0.25, -0.2) is 9.78 Å². The minimum absolute atomic E-state index is 0.0406. The van der Waals surface area contributed by atoms with Crippen molar-refractivity contribution >= 4 is 17.9 Å². The summed E-state index contributed by atoms with van der Waals surface area (Å²) in [5, 5.41) is 12.1. The molecular weight excluding hydrogens is 330 g/mol. The van der Waals surface area contributed by atoms with E-state index in [0.717, 1.165) is 5.56 Å². The molecule has 0 spiro atoms. The monoisotopic (exact) mass is 351 g/mol. The van der Waals surface area contributed by atoms with Crippen LogP contribution in [0.1, 0.15) is 37.9 Å². The number of anilines is 2. The number of benzene rings is 1. The van der Waals surface area contributed by atoms with Gasteiger partial charge in [0.05, 0.1) is 23.7 Å². The maximum absolute atomic E-state index is 12.1. The molecular formula is C19H21N5O2. The maximum Gasteiger partial charge on any atom is 0.415 e. The van der Waals surface area contributed by atoms with Crippen molar-refractivity contribution in [2.24, 2.45) is 5.92 Å². The summed E-state index contributed by atoms with van der Waals surface area (Å²) in [5.74, 6) is 1.21. The Morgan fingerprint density at radius 1 is 1.27 bits per heavy atom. The molecule has 0 aliphatic carbocycles. The van der Waals surface area contributed by atoms with Gasteiger partial charge in [-0.05, 0) is 36.6 Å². The van der Waals surface area contributed by atoms with Gasteiger partial charge in [0, 0.05) is 6.20 Å². The largest absolute Gasteiger partial charge is 0.447 e. The topological polar surface area (TPSA) is 91.1 Å². The molecule has 134 valence electrons. The number of nitrogens with one attached hydrogen (secondary N) is 1. The van der Waals surface area contributed by atoms with Crippen molar-refractivity contribution in [2.75, 3.05) is 16.8 Å². The molecule has 1 aliphatic rings. The molecule has 2 aromatic rings. The summed E-state index contributed by atoms with van der Waals surface area (Å²) in [5.41, 5.74) is 1.63. The number of nitriles is 1. The Bertz CT molecular complexity index is 829. The first-order valence-corrected chi connectivity index (χ1v) is 8.55. The average Bonchev–Trinajstić information content (AvgIpc) is 3.04. The summed E-state index contributed by atoms with van der Waals surface area (Å²) in [6.45, 7) is 6.45. The normalized spacial score (nSPS) is 17.7. The molecule has 0 saturated carbocycles. The van der Waals surface area contributed by atoms with Crippen molar-refractivity contribution in [2.45, 2.75) is 32.9 Å². The molecule has 1 aromatic carbocycles. The third kappa shape index (κ3) is 3.59. The van der Waals surface area contributed by atoms with Crippen molar-refractivity contribution in [1.82, 2.24) is 9.97 Å². The van der Waals surface area contributed by atoms with E-state index in [1.165, 1.54) is 0 Å². The molecule has 2 atom stereocenters. The minimum atomic E-state index is -0.381. The minimum Gasteiger partial charge on any atom is -0.447 e. The number of rotatable bonds is 5. The van der Waals surface area contributed by atoms with Crippen LogP contribution in [0.4, 0.5) is 16.6 Å². The van der Waals surface area contributed by atoms with Crippen LogP contribution in [0, 0.1) is 17.2 Å². The molecule has 7 nitrogen and oxygen atoms in total. The third-order valence-electron chi connectivity index (χ3n) is 4.45. The van der Waals surface area contributed by atoms with Gasteiger partial charge in [0.25, 0.3) is 0 Å². The van der Waals surface area contributed by atoms with Crippen molar-refractivity contribution in [1.29, 1.82) is 5.26 Å². The van der Waals surface area contributed by atoms with Crippen LogP contribution >= 0.6 is 0 Å². The first kappa shape index (κ1) is 17.7. The van der Waals surface area contributed by atoms with E-state index in [0.29, 0.717) is 23.9 Å². The molecule has 0 bridgehead atoms. The lowest BCUT2D eigenvalue weighted by atomic mass is 10.0. The van der Waals surface area contributed by atoms with E-state index >= 15 is 0 Å². The van der Waals surface area contributed by atoms with Crippen LogP contribution in [-0.4, -0.2) is 28.7 Å². The van der Waals surface area contributed by atoms with E-state index in [-0.39, 0.29) is 24.1 Å². The second-order valence-electron chi connectivity index (χ2n) is 6.60. The van der Waals surface area contributed by atoms with Crippen LogP contribution in [0.15, 0.2) is 36.5 Å². The summed E-state index contributed by atoms with van der Waals surface area (Å²) in [7, 11) is 0. The van der Waals surface area contributed by atoms with E-state index in [9.17, 15) is 4.79 Å². The highest BCUT2D eigenvalue weighted by Crippen LogP contribution is 2.26. The SMILES string of the molecule is CC(Nc1nccc(N2C(=O)OCC2C(C)C)n1)c1ccc(C#N)cc1. The highest BCUT2D eigenvalue weighted by Gasteiger charge is 2.37. The number of hydrogen-bond donors (Lipinski definition) is 1. The van der Waals surface area contributed by atoms with E-state index in [1.54, 1.807) is 29.3 Å². The van der Waals surface area contributed by atoms with Gasteiger partial charge in [-0.2, -0.15) is 10.2 Å². The highest BCUT2D eigenvalue weighted by atomic mass is 16.6. The van der Waals surface area contributed by atoms with E-state index < -0.39 is 0 Å². The number of amides is 1. The number of nitrogens with zero attached hydrogens (tertiary/aromatic N) is 4. The lowest BCUT2D eigenvalue weighted by molar-refractivity contribution is 0.177. The lowest BCUT2D eigenvalue weighted by Gasteiger charge is -2.23. The molecule has 7 heteroatoms. The third-order valence-corrected chi connectivity index (χ3v) is 4.45. The molecule has 3 rings (SSSR count). The Kier molecular flexibility index (Phi) is 5.03. The molecule has 1 amide bonds. The van der Waals surface area contributed by atoms with Gasteiger partial charge >= 0.3 is 6.09 Å². The average molecular weight is 351 g/mol. The zero-order chi connectivity index (χ0) is 18.7. The Morgan fingerprint density at radius 2 is 2.00 bits per heavy atom. The number of carbonyl (C=O) groups excluding carboxylic acids is 1. The van der Waals surface area contributed by atoms with E-state index in [1.807, 2.05) is 32.9 Å². The Balaban J connectivity index is 1.78. The molecule has 2 unspecified atom stereocenters. The van der Waals surface area contributed by atoms with Gasteiger partial charge in [-0.1, -0.05) is 26.0 Å². The van der Waals surface area contributed by atoms with E-state index in [2.05, 4.69) is 21.4 Å². The first-order chi connectivity index (χ1) is 12.5. The Hall–Kier alpha value is -3.14. The molecule has 1 fully saturated rings. The van der Waals surface area contributed by atoms with Gasteiger partial charge in [0.15, 0.2) is 0 Å². The summed E-state index contributed by atoms with van der Waals surface area (Å²) < 4.78 is 5.19. The van der Waals surface area contributed by atoms with E-state index in [4.69, 9.17) is 10.00 Å². The van der Waals surface area contributed by atoms with Gasteiger partial charge in [0.1, 0.15) is 12.4 Å². The number of cyclic esters (lactones) is 1. The van der Waals surface area contributed by atoms with Crippen LogP contribution in [0.5, 0.6) is 0 Å². The van der Waals surface area contributed by atoms with Crippen molar-refractivity contribution in [3.63, 3.8) is 0 Å². The Labute approximate surface area is 152 Å². The fourth-order valence-electron chi connectivity index (χ4n) is 2.87. The maximum atomic E-state index is 12.1. The van der Waals surface area contributed by atoms with Crippen LogP contribution < -0.4 is 10.2 Å². The summed E-state index contributed by atoms with van der Waals surface area (Å²) in [4.78, 5) is 22.4. The first-order valence-electron chi connectivity index (χ1n) is 8.55.